The van der Waals surface area contributed by atoms with Crippen LogP contribution in [0, 0.1) is 0 Å². The molecular weight excluding hydrogens is 685 g/mol. The molecular formula is C51H32N4O. The fourth-order valence-electron chi connectivity index (χ4n) is 8.09. The summed E-state index contributed by atoms with van der Waals surface area (Å²) in [5.74, 6) is 1.91. The van der Waals surface area contributed by atoms with Crippen LogP contribution in [-0.2, 0) is 0 Å². The first-order valence-electron chi connectivity index (χ1n) is 18.8. The average Bonchev–Trinajstić information content (AvgIpc) is 3.83. The van der Waals surface area contributed by atoms with Crippen molar-refractivity contribution in [2.75, 3.05) is 0 Å². The molecule has 0 spiro atoms. The van der Waals surface area contributed by atoms with Crippen LogP contribution >= 0.6 is 0 Å². The summed E-state index contributed by atoms with van der Waals surface area (Å²) in [4.78, 5) is 14.9. The standard InChI is InChI=1S/C51H32N4O/c1-4-15-33(16-5-1)49-52-50(34-17-6-2-7-18-34)54-51(53-49)38-22-13-20-36(32-38)35-19-12-21-37(31-35)40-26-14-28-44-46(40)47-45(56-44)30-29-42-41-25-10-11-27-43(41)55(48(42)47)39-23-8-3-9-24-39/h1-32H. The molecule has 5 heteroatoms. The van der Waals surface area contributed by atoms with Gasteiger partial charge in [0.25, 0.3) is 0 Å². The van der Waals surface area contributed by atoms with Gasteiger partial charge in [-0.05, 0) is 70.8 Å². The molecule has 0 bridgehead atoms. The van der Waals surface area contributed by atoms with Gasteiger partial charge in [-0.1, -0.05) is 146 Å². The summed E-state index contributed by atoms with van der Waals surface area (Å²) in [5, 5.41) is 4.63. The summed E-state index contributed by atoms with van der Waals surface area (Å²) in [6.45, 7) is 0. The van der Waals surface area contributed by atoms with Crippen LogP contribution in [0.4, 0.5) is 0 Å². The summed E-state index contributed by atoms with van der Waals surface area (Å²) in [7, 11) is 0. The van der Waals surface area contributed by atoms with E-state index in [0.717, 1.165) is 72.1 Å². The third kappa shape index (κ3) is 5.29. The molecule has 11 rings (SSSR count). The number of hydrogen-bond acceptors (Lipinski definition) is 4. The Balaban J connectivity index is 1.07. The van der Waals surface area contributed by atoms with Gasteiger partial charge >= 0.3 is 0 Å². The van der Waals surface area contributed by atoms with Gasteiger partial charge in [-0.3, -0.25) is 0 Å². The van der Waals surface area contributed by atoms with Gasteiger partial charge < -0.3 is 8.98 Å². The van der Waals surface area contributed by atoms with Gasteiger partial charge in [0.15, 0.2) is 17.5 Å². The summed E-state index contributed by atoms with van der Waals surface area (Å²) in [6.07, 6.45) is 0. The maximum absolute atomic E-state index is 6.64. The molecule has 0 unspecified atom stereocenters. The number of fused-ring (bicyclic) bond motifs is 7. The number of benzene rings is 8. The van der Waals surface area contributed by atoms with Gasteiger partial charge in [-0.25, -0.2) is 15.0 Å². The van der Waals surface area contributed by atoms with Crippen molar-refractivity contribution in [2.24, 2.45) is 0 Å². The van der Waals surface area contributed by atoms with Gasteiger partial charge in [0, 0.05) is 38.5 Å². The Morgan fingerprint density at radius 2 is 0.875 bits per heavy atom. The van der Waals surface area contributed by atoms with Crippen molar-refractivity contribution in [3.63, 3.8) is 0 Å². The summed E-state index contributed by atoms with van der Waals surface area (Å²) in [5.41, 5.74) is 12.4. The van der Waals surface area contributed by atoms with Crippen LogP contribution in [-0.4, -0.2) is 19.5 Å². The normalized spacial score (nSPS) is 11.6. The zero-order valence-corrected chi connectivity index (χ0v) is 30.2. The third-order valence-corrected chi connectivity index (χ3v) is 10.6. The predicted octanol–water partition coefficient (Wildman–Crippen LogP) is 13.2. The zero-order chi connectivity index (χ0) is 37.0. The lowest BCUT2D eigenvalue weighted by molar-refractivity contribution is 0.669. The molecule has 5 nitrogen and oxygen atoms in total. The van der Waals surface area contributed by atoms with E-state index in [9.17, 15) is 0 Å². The molecule has 11 aromatic rings. The lowest BCUT2D eigenvalue weighted by Crippen LogP contribution is -2.00. The third-order valence-electron chi connectivity index (χ3n) is 10.6. The van der Waals surface area contributed by atoms with E-state index in [0.29, 0.717) is 17.5 Å². The predicted molar refractivity (Wildman–Crippen MR) is 229 cm³/mol. The highest BCUT2D eigenvalue weighted by molar-refractivity contribution is 6.27. The zero-order valence-electron chi connectivity index (χ0n) is 30.2. The summed E-state index contributed by atoms with van der Waals surface area (Å²) < 4.78 is 9.02. The van der Waals surface area contributed by atoms with E-state index < -0.39 is 0 Å². The van der Waals surface area contributed by atoms with Crippen molar-refractivity contribution in [1.82, 2.24) is 19.5 Å². The van der Waals surface area contributed by atoms with Crippen molar-refractivity contribution in [3.05, 3.63) is 194 Å². The van der Waals surface area contributed by atoms with Crippen molar-refractivity contribution in [1.29, 1.82) is 0 Å². The summed E-state index contributed by atoms with van der Waals surface area (Å²) in [6, 6.07) is 67.4. The Hall–Kier alpha value is -7.63. The quantitative estimate of drug-likeness (QED) is 0.172. The van der Waals surface area contributed by atoms with Gasteiger partial charge in [-0.2, -0.15) is 0 Å². The highest BCUT2D eigenvalue weighted by Gasteiger charge is 2.21. The van der Waals surface area contributed by atoms with E-state index in [1.54, 1.807) is 0 Å². The van der Waals surface area contributed by atoms with E-state index in [2.05, 4.69) is 138 Å². The van der Waals surface area contributed by atoms with Crippen LogP contribution in [0.25, 0.3) is 106 Å². The minimum atomic E-state index is 0.628. The van der Waals surface area contributed by atoms with E-state index in [-0.39, 0.29) is 0 Å². The lowest BCUT2D eigenvalue weighted by Gasteiger charge is -2.11. The smallest absolute Gasteiger partial charge is 0.164 e. The monoisotopic (exact) mass is 716 g/mol. The van der Waals surface area contributed by atoms with Crippen molar-refractivity contribution in [3.8, 4) is 62.1 Å². The van der Waals surface area contributed by atoms with Gasteiger partial charge in [0.05, 0.1) is 16.4 Å². The second kappa shape index (κ2) is 13.0. The highest BCUT2D eigenvalue weighted by atomic mass is 16.3. The molecule has 0 radical (unpaired) electrons. The van der Waals surface area contributed by atoms with Crippen LogP contribution < -0.4 is 0 Å². The summed E-state index contributed by atoms with van der Waals surface area (Å²) >= 11 is 0. The van der Waals surface area contributed by atoms with Crippen LogP contribution in [0.2, 0.25) is 0 Å². The van der Waals surface area contributed by atoms with Crippen molar-refractivity contribution >= 4 is 43.7 Å². The molecule has 0 saturated carbocycles. The minimum absolute atomic E-state index is 0.628. The van der Waals surface area contributed by atoms with Crippen LogP contribution in [0.3, 0.4) is 0 Å². The largest absolute Gasteiger partial charge is 0.456 e. The fraction of sp³-hybridized carbons (Fsp3) is 0. The Kier molecular flexibility index (Phi) is 7.42. The molecule has 0 aliphatic carbocycles. The van der Waals surface area contributed by atoms with Gasteiger partial charge in [0.1, 0.15) is 11.2 Å². The topological polar surface area (TPSA) is 56.7 Å². The molecule has 0 atom stereocenters. The molecule has 56 heavy (non-hydrogen) atoms. The first-order valence-corrected chi connectivity index (χ1v) is 18.8. The maximum Gasteiger partial charge on any atom is 0.164 e. The molecule has 0 amide bonds. The number of nitrogens with zero attached hydrogens (tertiary/aromatic N) is 4. The Morgan fingerprint density at radius 3 is 1.57 bits per heavy atom. The fourth-order valence-corrected chi connectivity index (χ4v) is 8.09. The highest BCUT2D eigenvalue weighted by Crippen LogP contribution is 2.44. The number of rotatable bonds is 6. The first kappa shape index (κ1) is 31.9. The molecule has 0 aliphatic rings. The number of hydrogen-bond donors (Lipinski definition) is 0. The molecule has 3 heterocycles. The molecule has 262 valence electrons. The van der Waals surface area contributed by atoms with E-state index >= 15 is 0 Å². The van der Waals surface area contributed by atoms with E-state index in [1.165, 1.54) is 16.3 Å². The second-order valence-electron chi connectivity index (χ2n) is 14.0. The Labute approximate surface area is 322 Å². The first-order chi connectivity index (χ1) is 27.8. The SMILES string of the molecule is c1ccc(-c2nc(-c3ccccc3)nc(-c3cccc(-c4cccc(-c5cccc6oc7ccc8c9ccccc9n(-c9ccccc9)c8c7c56)c4)c3)n2)cc1. The van der Waals surface area contributed by atoms with E-state index in [4.69, 9.17) is 19.4 Å². The van der Waals surface area contributed by atoms with Crippen LogP contribution in [0.1, 0.15) is 0 Å². The molecule has 3 aromatic heterocycles. The van der Waals surface area contributed by atoms with Crippen molar-refractivity contribution in [2.45, 2.75) is 0 Å². The average molecular weight is 717 g/mol. The van der Waals surface area contributed by atoms with E-state index in [1.807, 2.05) is 60.7 Å². The Morgan fingerprint density at radius 1 is 0.357 bits per heavy atom. The number of aromatic nitrogens is 4. The minimum Gasteiger partial charge on any atom is -0.456 e. The molecule has 0 aliphatic heterocycles. The molecule has 0 saturated heterocycles. The van der Waals surface area contributed by atoms with Gasteiger partial charge in [-0.15, -0.1) is 0 Å². The van der Waals surface area contributed by atoms with Crippen LogP contribution in [0.5, 0.6) is 0 Å². The Bertz CT molecular complexity index is 3180. The number of para-hydroxylation sites is 2. The molecule has 0 fully saturated rings. The molecule has 8 aromatic carbocycles. The number of furan rings is 1. The molecule has 0 N–H and O–H groups in total. The van der Waals surface area contributed by atoms with Crippen LogP contribution in [0.15, 0.2) is 199 Å². The lowest BCUT2D eigenvalue weighted by atomic mass is 9.95. The van der Waals surface area contributed by atoms with Gasteiger partial charge in [0.2, 0.25) is 0 Å². The second-order valence-corrected chi connectivity index (χ2v) is 14.0. The van der Waals surface area contributed by atoms with Crippen molar-refractivity contribution < 1.29 is 4.42 Å². The maximum atomic E-state index is 6.64.